The monoisotopic (exact) mass is 183 g/mol. The Kier molecular flexibility index (Phi) is 3.12. The highest BCUT2D eigenvalue weighted by molar-refractivity contribution is 5.81. The number of hydrogen-bond acceptors (Lipinski definition) is 2. The van der Waals surface area contributed by atoms with Gasteiger partial charge in [0.1, 0.15) is 5.78 Å². The van der Waals surface area contributed by atoms with Crippen molar-refractivity contribution in [1.29, 1.82) is 0 Å². The lowest BCUT2D eigenvalue weighted by molar-refractivity contribution is -0.126. The molecule has 0 radical (unpaired) electrons. The van der Waals surface area contributed by atoms with Crippen LogP contribution >= 0.6 is 0 Å². The van der Waals surface area contributed by atoms with Gasteiger partial charge in [0.15, 0.2) is 0 Å². The van der Waals surface area contributed by atoms with E-state index in [1.165, 1.54) is 0 Å². The van der Waals surface area contributed by atoms with Crippen molar-refractivity contribution in [1.82, 2.24) is 4.90 Å². The summed E-state index contributed by atoms with van der Waals surface area (Å²) in [4.78, 5) is 13.7. The van der Waals surface area contributed by atoms with Gasteiger partial charge in [-0.2, -0.15) is 0 Å². The van der Waals surface area contributed by atoms with Gasteiger partial charge in [-0.15, -0.1) is 0 Å². The fourth-order valence-corrected chi connectivity index (χ4v) is 2.09. The predicted octanol–water partition coefficient (Wildman–Crippen LogP) is 2.23. The van der Waals surface area contributed by atoms with Crippen LogP contribution in [0.15, 0.2) is 0 Å². The van der Waals surface area contributed by atoms with Crippen LogP contribution in [-0.4, -0.2) is 28.8 Å². The summed E-state index contributed by atoms with van der Waals surface area (Å²) in [5, 5.41) is 0. The van der Waals surface area contributed by atoms with Crippen molar-refractivity contribution >= 4 is 5.78 Å². The summed E-state index contributed by atoms with van der Waals surface area (Å²) in [6, 6.07) is 0.609. The number of carbonyl (C=O) groups excluding carboxylic acids is 1. The van der Waals surface area contributed by atoms with E-state index in [9.17, 15) is 4.79 Å². The summed E-state index contributed by atoms with van der Waals surface area (Å²) in [7, 11) is 0. The lowest BCUT2D eigenvalue weighted by Crippen LogP contribution is -2.53. The van der Waals surface area contributed by atoms with E-state index in [2.05, 4.69) is 32.6 Å². The fourth-order valence-electron chi connectivity index (χ4n) is 2.09. The van der Waals surface area contributed by atoms with Crippen LogP contribution in [0.1, 0.15) is 47.0 Å². The summed E-state index contributed by atoms with van der Waals surface area (Å²) >= 11 is 0. The molecule has 1 rings (SSSR count). The summed E-state index contributed by atoms with van der Waals surface area (Å²) in [5.41, 5.74) is 0.136. The Balaban J connectivity index is 2.71. The van der Waals surface area contributed by atoms with Crippen molar-refractivity contribution in [3.8, 4) is 0 Å². The maximum absolute atomic E-state index is 11.3. The van der Waals surface area contributed by atoms with Gasteiger partial charge < -0.3 is 0 Å². The van der Waals surface area contributed by atoms with E-state index in [1.807, 2.05) is 0 Å². The van der Waals surface area contributed by atoms with Gasteiger partial charge in [-0.05, 0) is 33.6 Å². The second-order valence-corrected chi connectivity index (χ2v) is 4.94. The van der Waals surface area contributed by atoms with E-state index < -0.39 is 0 Å². The molecule has 2 heteroatoms. The smallest absolute Gasteiger partial charge is 0.146 e. The van der Waals surface area contributed by atoms with Crippen LogP contribution < -0.4 is 0 Å². The third kappa shape index (κ3) is 2.53. The molecule has 1 saturated heterocycles. The largest absolute Gasteiger partial charge is 0.298 e. The van der Waals surface area contributed by atoms with Crippen LogP contribution in [-0.2, 0) is 4.79 Å². The van der Waals surface area contributed by atoms with Crippen LogP contribution in [0.5, 0.6) is 0 Å². The average Bonchev–Trinajstić information content (AvgIpc) is 2.03. The first-order chi connectivity index (χ1) is 5.95. The number of piperidine rings is 1. The van der Waals surface area contributed by atoms with Gasteiger partial charge in [0.05, 0.1) is 6.54 Å². The van der Waals surface area contributed by atoms with Crippen molar-refractivity contribution < 1.29 is 4.79 Å². The summed E-state index contributed by atoms with van der Waals surface area (Å²) < 4.78 is 0. The Labute approximate surface area is 81.3 Å². The molecule has 1 fully saturated rings. The highest BCUT2D eigenvalue weighted by atomic mass is 16.1. The summed E-state index contributed by atoms with van der Waals surface area (Å²) in [6.45, 7) is 9.43. The Morgan fingerprint density at radius 1 is 1.46 bits per heavy atom. The van der Waals surface area contributed by atoms with Crippen molar-refractivity contribution in [3.05, 3.63) is 0 Å². The molecule has 0 spiro atoms. The predicted molar refractivity (Wildman–Crippen MR) is 54.8 cm³/mol. The standard InChI is InChI=1S/C11H21NO/c1-5-9-6-7-10(13)8-12(9)11(2,3)4/h9H,5-8H2,1-4H3/t9-/m0/s1. The first-order valence-electron chi connectivity index (χ1n) is 5.23. The second-order valence-electron chi connectivity index (χ2n) is 4.94. The van der Waals surface area contributed by atoms with Crippen molar-refractivity contribution in [3.63, 3.8) is 0 Å². The van der Waals surface area contributed by atoms with Crippen LogP contribution in [0.4, 0.5) is 0 Å². The van der Waals surface area contributed by atoms with Gasteiger partial charge in [-0.3, -0.25) is 9.69 Å². The number of carbonyl (C=O) groups is 1. The zero-order chi connectivity index (χ0) is 10.1. The number of hydrogen-bond donors (Lipinski definition) is 0. The number of likely N-dealkylation sites (tertiary alicyclic amines) is 1. The molecule has 0 N–H and O–H groups in total. The molecule has 76 valence electrons. The number of nitrogens with zero attached hydrogens (tertiary/aromatic N) is 1. The van der Waals surface area contributed by atoms with Crippen LogP contribution in [0.3, 0.4) is 0 Å². The lowest BCUT2D eigenvalue weighted by Gasteiger charge is -2.43. The first-order valence-corrected chi connectivity index (χ1v) is 5.23. The molecular formula is C11H21NO. The lowest BCUT2D eigenvalue weighted by atomic mass is 9.93. The second kappa shape index (κ2) is 3.79. The van der Waals surface area contributed by atoms with Gasteiger partial charge in [0.2, 0.25) is 0 Å². The van der Waals surface area contributed by atoms with Crippen molar-refractivity contribution in [2.24, 2.45) is 0 Å². The molecule has 1 atom stereocenters. The minimum Gasteiger partial charge on any atom is -0.298 e. The minimum atomic E-state index is 0.136. The Morgan fingerprint density at radius 3 is 2.54 bits per heavy atom. The molecule has 0 amide bonds. The highest BCUT2D eigenvalue weighted by Gasteiger charge is 2.32. The van der Waals surface area contributed by atoms with Crippen molar-refractivity contribution in [2.75, 3.05) is 6.54 Å². The highest BCUT2D eigenvalue weighted by Crippen LogP contribution is 2.25. The maximum atomic E-state index is 11.3. The Morgan fingerprint density at radius 2 is 2.08 bits per heavy atom. The van der Waals surface area contributed by atoms with E-state index >= 15 is 0 Å². The molecule has 1 aliphatic heterocycles. The molecule has 13 heavy (non-hydrogen) atoms. The quantitative estimate of drug-likeness (QED) is 0.621. The normalized spacial score (nSPS) is 26.5. The van der Waals surface area contributed by atoms with Gasteiger partial charge in [0, 0.05) is 18.0 Å². The van der Waals surface area contributed by atoms with E-state index in [0.29, 0.717) is 18.4 Å². The topological polar surface area (TPSA) is 20.3 Å². The Hall–Kier alpha value is -0.370. The summed E-state index contributed by atoms with van der Waals surface area (Å²) in [6.07, 6.45) is 2.99. The van der Waals surface area contributed by atoms with Crippen LogP contribution in [0.2, 0.25) is 0 Å². The van der Waals surface area contributed by atoms with Gasteiger partial charge in [-0.1, -0.05) is 6.92 Å². The van der Waals surface area contributed by atoms with E-state index in [-0.39, 0.29) is 5.54 Å². The zero-order valence-electron chi connectivity index (χ0n) is 9.26. The van der Waals surface area contributed by atoms with E-state index in [1.54, 1.807) is 0 Å². The van der Waals surface area contributed by atoms with Crippen LogP contribution in [0.25, 0.3) is 0 Å². The molecule has 0 unspecified atom stereocenters. The van der Waals surface area contributed by atoms with E-state index in [4.69, 9.17) is 0 Å². The number of ketones is 1. The van der Waals surface area contributed by atoms with E-state index in [0.717, 1.165) is 19.3 Å². The SMILES string of the molecule is CC[C@H]1CCC(=O)CN1C(C)(C)C. The molecule has 0 bridgehead atoms. The van der Waals surface area contributed by atoms with Gasteiger partial charge >= 0.3 is 0 Å². The minimum absolute atomic E-state index is 0.136. The van der Waals surface area contributed by atoms with Gasteiger partial charge in [-0.25, -0.2) is 0 Å². The first kappa shape index (κ1) is 10.7. The molecule has 0 aromatic heterocycles. The van der Waals surface area contributed by atoms with Crippen molar-refractivity contribution in [2.45, 2.75) is 58.5 Å². The average molecular weight is 183 g/mol. The number of rotatable bonds is 1. The molecule has 2 nitrogen and oxygen atoms in total. The summed E-state index contributed by atoms with van der Waals surface area (Å²) in [5.74, 6) is 0.402. The van der Waals surface area contributed by atoms with Gasteiger partial charge in [0.25, 0.3) is 0 Å². The molecule has 0 aliphatic carbocycles. The fraction of sp³-hybridized carbons (Fsp3) is 0.909. The maximum Gasteiger partial charge on any atom is 0.146 e. The molecule has 1 aliphatic rings. The van der Waals surface area contributed by atoms with Crippen LogP contribution in [0, 0.1) is 0 Å². The Bertz CT molecular complexity index is 193. The third-order valence-corrected chi connectivity index (χ3v) is 2.88. The molecule has 0 saturated carbocycles. The zero-order valence-corrected chi connectivity index (χ0v) is 9.26. The molecule has 0 aromatic rings. The number of Topliss-reactive ketones (excluding diaryl/α,β-unsaturated/α-hetero) is 1. The molecule has 1 heterocycles. The molecular weight excluding hydrogens is 162 g/mol. The third-order valence-electron chi connectivity index (χ3n) is 2.88. The molecule has 0 aromatic carbocycles.